The van der Waals surface area contributed by atoms with Crippen molar-refractivity contribution in [2.24, 2.45) is 62.8 Å². The lowest BCUT2D eigenvalue weighted by Crippen LogP contribution is -2.53. The van der Waals surface area contributed by atoms with Crippen molar-refractivity contribution in [3.8, 4) is 0 Å². The van der Waals surface area contributed by atoms with Gasteiger partial charge in [-0.3, -0.25) is 9.93 Å². The van der Waals surface area contributed by atoms with Crippen LogP contribution in [0.3, 0.4) is 0 Å². The van der Waals surface area contributed by atoms with Crippen LogP contribution in [0.25, 0.3) is 0 Å². The summed E-state index contributed by atoms with van der Waals surface area (Å²) in [6.07, 6.45) is 16.1. The fraction of sp³-hybridized carbons (Fsp3) is 0.964. The highest BCUT2D eigenvalue weighted by Crippen LogP contribution is 2.68. The SMILES string of the molecule is CC(C(=O)SN)C(C)C(C)(C)CC1CCC2C3CCC4CCCCC4(C)C3CCC12C. The first-order valence-electron chi connectivity index (χ1n) is 13.4. The largest absolute Gasteiger partial charge is 0.286 e. The van der Waals surface area contributed by atoms with Gasteiger partial charge in [-0.2, -0.15) is 0 Å². The van der Waals surface area contributed by atoms with Gasteiger partial charge >= 0.3 is 0 Å². The molecule has 0 saturated heterocycles. The van der Waals surface area contributed by atoms with Crippen LogP contribution in [0.4, 0.5) is 0 Å². The molecule has 0 aromatic carbocycles. The first-order valence-corrected chi connectivity index (χ1v) is 14.3. The van der Waals surface area contributed by atoms with E-state index >= 15 is 0 Å². The maximum atomic E-state index is 12.3. The zero-order valence-corrected chi connectivity index (χ0v) is 22.0. The highest BCUT2D eigenvalue weighted by molar-refractivity contribution is 8.11. The summed E-state index contributed by atoms with van der Waals surface area (Å²) in [5.41, 5.74) is 1.34. The molecule has 4 fully saturated rings. The molecule has 31 heavy (non-hydrogen) atoms. The van der Waals surface area contributed by atoms with Crippen molar-refractivity contribution >= 4 is 17.1 Å². The van der Waals surface area contributed by atoms with Crippen molar-refractivity contribution in [2.45, 2.75) is 112 Å². The third-order valence-electron chi connectivity index (χ3n) is 12.0. The Morgan fingerprint density at radius 3 is 2.39 bits per heavy atom. The van der Waals surface area contributed by atoms with Crippen LogP contribution in [0.1, 0.15) is 112 Å². The number of carbonyl (C=O) groups excluding carboxylic acids is 1. The second kappa shape index (κ2) is 8.64. The van der Waals surface area contributed by atoms with Crippen LogP contribution in [0.5, 0.6) is 0 Å². The molecule has 0 aromatic rings. The van der Waals surface area contributed by atoms with Crippen molar-refractivity contribution < 1.29 is 4.79 Å². The highest BCUT2D eigenvalue weighted by Gasteiger charge is 2.60. The Balaban J connectivity index is 1.49. The summed E-state index contributed by atoms with van der Waals surface area (Å²) in [7, 11) is 0. The second-order valence-electron chi connectivity index (χ2n) is 13.4. The molecule has 0 amide bonds. The van der Waals surface area contributed by atoms with Gasteiger partial charge in [-0.05, 0) is 121 Å². The minimum Gasteiger partial charge on any atom is -0.286 e. The predicted molar refractivity (Wildman–Crippen MR) is 133 cm³/mol. The van der Waals surface area contributed by atoms with Crippen molar-refractivity contribution in [3.63, 3.8) is 0 Å². The molecule has 0 aliphatic heterocycles. The maximum absolute atomic E-state index is 12.3. The van der Waals surface area contributed by atoms with Crippen LogP contribution < -0.4 is 5.14 Å². The molecule has 178 valence electrons. The average Bonchev–Trinajstić information content (AvgIpc) is 3.07. The van der Waals surface area contributed by atoms with E-state index in [0.717, 1.165) is 41.5 Å². The lowest BCUT2D eigenvalue weighted by atomic mass is 9.44. The first-order chi connectivity index (χ1) is 14.5. The van der Waals surface area contributed by atoms with E-state index in [1.54, 1.807) is 0 Å². The van der Waals surface area contributed by atoms with Gasteiger partial charge in [-0.15, -0.1) is 0 Å². The average molecular weight is 448 g/mol. The zero-order valence-electron chi connectivity index (χ0n) is 21.2. The van der Waals surface area contributed by atoms with Gasteiger partial charge in [0.25, 0.3) is 0 Å². The van der Waals surface area contributed by atoms with Crippen LogP contribution in [0.2, 0.25) is 0 Å². The number of nitrogens with two attached hydrogens (primary N) is 1. The second-order valence-corrected chi connectivity index (χ2v) is 14.1. The Morgan fingerprint density at radius 1 is 0.968 bits per heavy atom. The minimum atomic E-state index is 0.0345. The molecule has 0 spiro atoms. The van der Waals surface area contributed by atoms with Crippen molar-refractivity contribution in [2.75, 3.05) is 0 Å². The normalized spacial score (nSPS) is 44.7. The van der Waals surface area contributed by atoms with Gasteiger partial charge in [0.1, 0.15) is 0 Å². The fourth-order valence-corrected chi connectivity index (χ4v) is 9.97. The van der Waals surface area contributed by atoms with Crippen molar-refractivity contribution in [3.05, 3.63) is 0 Å². The number of rotatable bonds is 5. The summed E-state index contributed by atoms with van der Waals surface area (Å²) in [5, 5.41) is 5.76. The Hall–Kier alpha value is -0.0200. The summed E-state index contributed by atoms with van der Waals surface area (Å²) >= 11 is 0.920. The molecular weight excluding hydrogens is 398 g/mol. The molecule has 4 rings (SSSR count). The van der Waals surface area contributed by atoms with Gasteiger partial charge in [-0.25, -0.2) is 0 Å². The van der Waals surface area contributed by atoms with Crippen LogP contribution in [0.15, 0.2) is 0 Å². The van der Waals surface area contributed by atoms with Crippen LogP contribution >= 0.6 is 11.9 Å². The number of carbonyl (C=O) groups is 1. The number of hydrogen-bond acceptors (Lipinski definition) is 3. The minimum absolute atomic E-state index is 0.0345. The Labute approximate surface area is 196 Å². The van der Waals surface area contributed by atoms with Gasteiger partial charge < -0.3 is 0 Å². The molecular formula is C28H49NOS. The molecule has 0 heterocycles. The first kappa shape index (κ1) is 24.1. The maximum Gasteiger partial charge on any atom is 0.206 e. The summed E-state index contributed by atoms with van der Waals surface area (Å²) in [5.74, 6) is 5.16. The smallest absolute Gasteiger partial charge is 0.206 e. The van der Waals surface area contributed by atoms with E-state index in [0.29, 0.717) is 16.7 Å². The van der Waals surface area contributed by atoms with Crippen molar-refractivity contribution in [1.82, 2.24) is 0 Å². The summed E-state index contributed by atoms with van der Waals surface area (Å²) in [4.78, 5) is 12.3. The highest BCUT2D eigenvalue weighted by atomic mass is 32.2. The topological polar surface area (TPSA) is 43.1 Å². The lowest BCUT2D eigenvalue weighted by molar-refractivity contribution is -0.118. The molecule has 0 radical (unpaired) electrons. The van der Waals surface area contributed by atoms with E-state index in [-0.39, 0.29) is 16.4 Å². The van der Waals surface area contributed by atoms with E-state index in [9.17, 15) is 4.79 Å². The molecule has 9 atom stereocenters. The molecule has 3 heteroatoms. The van der Waals surface area contributed by atoms with E-state index in [1.165, 1.54) is 70.6 Å². The van der Waals surface area contributed by atoms with E-state index in [2.05, 4.69) is 41.5 Å². The Kier molecular flexibility index (Phi) is 6.72. The number of hydrogen-bond donors (Lipinski definition) is 1. The van der Waals surface area contributed by atoms with E-state index in [1.807, 2.05) is 0 Å². The molecule has 2 nitrogen and oxygen atoms in total. The van der Waals surface area contributed by atoms with Gasteiger partial charge in [0.15, 0.2) is 0 Å². The summed E-state index contributed by atoms with van der Waals surface area (Å²) in [6, 6.07) is 0. The Morgan fingerprint density at radius 2 is 1.68 bits per heavy atom. The zero-order chi connectivity index (χ0) is 22.6. The molecule has 4 saturated carbocycles. The monoisotopic (exact) mass is 447 g/mol. The third kappa shape index (κ3) is 3.96. The molecule has 4 aliphatic carbocycles. The van der Waals surface area contributed by atoms with Gasteiger partial charge in [0.05, 0.1) is 0 Å². The van der Waals surface area contributed by atoms with E-state index < -0.39 is 0 Å². The molecule has 2 N–H and O–H groups in total. The molecule has 0 bridgehead atoms. The quantitative estimate of drug-likeness (QED) is 0.436. The van der Waals surface area contributed by atoms with Gasteiger partial charge in [0, 0.05) is 5.92 Å². The lowest BCUT2D eigenvalue weighted by Gasteiger charge is -2.61. The summed E-state index contributed by atoms with van der Waals surface area (Å²) in [6.45, 7) is 14.6. The Bertz CT molecular complexity index is 676. The van der Waals surface area contributed by atoms with Crippen LogP contribution in [-0.4, -0.2) is 5.12 Å². The van der Waals surface area contributed by atoms with Crippen LogP contribution in [-0.2, 0) is 4.79 Å². The standard InChI is InChI=1S/C28H49NOS/c1-18(25(30)31-29)19(2)26(3,4)17-21-11-13-23-22-12-10-20-9-7-8-15-27(20,5)24(22)14-16-28(21,23)6/h18-24H,7-17,29H2,1-6H3. The van der Waals surface area contributed by atoms with Gasteiger partial charge in [-0.1, -0.05) is 54.4 Å². The third-order valence-corrected chi connectivity index (χ3v) is 12.6. The molecule has 0 aromatic heterocycles. The summed E-state index contributed by atoms with van der Waals surface area (Å²) < 4.78 is 0. The van der Waals surface area contributed by atoms with Crippen LogP contribution in [0, 0.1) is 57.7 Å². The predicted octanol–water partition coefficient (Wildman–Crippen LogP) is 7.86. The molecule has 9 unspecified atom stereocenters. The number of fused-ring (bicyclic) bond motifs is 5. The van der Waals surface area contributed by atoms with E-state index in [4.69, 9.17) is 5.14 Å². The van der Waals surface area contributed by atoms with Crippen molar-refractivity contribution in [1.29, 1.82) is 0 Å². The fourth-order valence-electron chi connectivity index (χ4n) is 9.55. The molecule has 4 aliphatic rings. The van der Waals surface area contributed by atoms with Gasteiger partial charge in [0.2, 0.25) is 5.12 Å².